The van der Waals surface area contributed by atoms with E-state index >= 15 is 0 Å². The van der Waals surface area contributed by atoms with E-state index in [4.69, 9.17) is 5.73 Å². The number of carbonyl (C=O) groups is 2. The lowest BCUT2D eigenvalue weighted by Crippen LogP contribution is -2.42. The van der Waals surface area contributed by atoms with E-state index in [0.717, 1.165) is 4.68 Å². The SMILES string of the molecule is C[C@@H](C(=O)NC(N)=O)n1nnc2ccccc2c1=O. The van der Waals surface area contributed by atoms with Crippen molar-refractivity contribution in [3.8, 4) is 0 Å². The second-order valence-corrected chi connectivity index (χ2v) is 3.89. The van der Waals surface area contributed by atoms with Gasteiger partial charge >= 0.3 is 6.03 Å². The van der Waals surface area contributed by atoms with Gasteiger partial charge in [-0.1, -0.05) is 17.3 Å². The number of rotatable bonds is 2. The second kappa shape index (κ2) is 4.84. The van der Waals surface area contributed by atoms with Crippen molar-refractivity contribution in [2.24, 2.45) is 5.73 Å². The number of hydrogen-bond donors (Lipinski definition) is 2. The summed E-state index contributed by atoms with van der Waals surface area (Å²) in [5.74, 6) is -0.723. The van der Waals surface area contributed by atoms with E-state index in [-0.39, 0.29) is 0 Å². The lowest BCUT2D eigenvalue weighted by atomic mass is 10.2. The van der Waals surface area contributed by atoms with Crippen LogP contribution in [-0.2, 0) is 4.79 Å². The Morgan fingerprint density at radius 1 is 1.37 bits per heavy atom. The lowest BCUT2D eigenvalue weighted by molar-refractivity contribution is -0.123. The van der Waals surface area contributed by atoms with Crippen LogP contribution < -0.4 is 16.6 Å². The maximum Gasteiger partial charge on any atom is 0.318 e. The number of primary amides is 1. The molecule has 2 aromatic rings. The Morgan fingerprint density at radius 3 is 2.74 bits per heavy atom. The summed E-state index contributed by atoms with van der Waals surface area (Å²) in [5, 5.41) is 9.75. The molecule has 0 saturated carbocycles. The van der Waals surface area contributed by atoms with E-state index in [9.17, 15) is 14.4 Å². The number of nitrogens with zero attached hydrogens (tertiary/aromatic N) is 3. The molecular formula is C11H11N5O3. The van der Waals surface area contributed by atoms with Crippen LogP contribution in [0.5, 0.6) is 0 Å². The molecule has 1 aromatic carbocycles. The highest BCUT2D eigenvalue weighted by molar-refractivity contribution is 5.95. The standard InChI is InChI=1S/C11H11N5O3/c1-6(9(17)13-11(12)19)16-10(18)7-4-2-3-5-8(7)14-15-16/h2-6H,1H3,(H3,12,13,17,19)/t6-/m0/s1. The van der Waals surface area contributed by atoms with E-state index in [1.54, 1.807) is 24.3 Å². The molecule has 0 aliphatic rings. The predicted octanol–water partition coefficient (Wildman–Crippen LogP) is -0.453. The minimum Gasteiger partial charge on any atom is -0.351 e. The average Bonchev–Trinajstić information content (AvgIpc) is 2.38. The summed E-state index contributed by atoms with van der Waals surface area (Å²) in [4.78, 5) is 34.3. The highest BCUT2D eigenvalue weighted by Crippen LogP contribution is 2.06. The van der Waals surface area contributed by atoms with Crippen LogP contribution >= 0.6 is 0 Å². The number of nitrogens with one attached hydrogen (secondary N) is 1. The third kappa shape index (κ3) is 2.41. The number of fused-ring (bicyclic) bond motifs is 1. The number of nitrogens with two attached hydrogens (primary N) is 1. The van der Waals surface area contributed by atoms with E-state index in [1.165, 1.54) is 6.92 Å². The molecule has 0 aliphatic heterocycles. The van der Waals surface area contributed by atoms with Crippen molar-refractivity contribution in [3.63, 3.8) is 0 Å². The number of hydrogen-bond acceptors (Lipinski definition) is 5. The van der Waals surface area contributed by atoms with Gasteiger partial charge in [0.25, 0.3) is 11.5 Å². The van der Waals surface area contributed by atoms with Crippen LogP contribution in [0.3, 0.4) is 0 Å². The van der Waals surface area contributed by atoms with Crippen molar-refractivity contribution in [2.45, 2.75) is 13.0 Å². The van der Waals surface area contributed by atoms with Gasteiger partial charge in [-0.2, -0.15) is 4.68 Å². The van der Waals surface area contributed by atoms with Crippen molar-refractivity contribution in [1.29, 1.82) is 0 Å². The summed E-state index contributed by atoms with van der Waals surface area (Å²) in [6.07, 6.45) is 0. The predicted molar refractivity (Wildman–Crippen MR) is 66.2 cm³/mol. The second-order valence-electron chi connectivity index (χ2n) is 3.89. The molecule has 0 bridgehead atoms. The summed E-state index contributed by atoms with van der Waals surface area (Å²) in [6, 6.07) is 4.66. The fourth-order valence-corrected chi connectivity index (χ4v) is 1.59. The summed E-state index contributed by atoms with van der Waals surface area (Å²) in [6.45, 7) is 1.42. The van der Waals surface area contributed by atoms with Crippen LogP contribution in [-0.4, -0.2) is 26.9 Å². The Bertz CT molecular complexity index is 709. The minimum atomic E-state index is -0.989. The van der Waals surface area contributed by atoms with Gasteiger partial charge in [0, 0.05) is 0 Å². The monoisotopic (exact) mass is 261 g/mol. The Kier molecular flexibility index (Phi) is 3.23. The Hall–Kier alpha value is -2.77. The molecule has 8 nitrogen and oxygen atoms in total. The summed E-state index contributed by atoms with van der Waals surface area (Å²) in [5.41, 5.74) is 4.82. The average molecular weight is 261 g/mol. The van der Waals surface area contributed by atoms with Gasteiger partial charge in [-0.3, -0.25) is 14.9 Å². The quantitative estimate of drug-likeness (QED) is 0.758. The van der Waals surface area contributed by atoms with Gasteiger partial charge in [0.15, 0.2) is 0 Å². The van der Waals surface area contributed by atoms with Crippen LogP contribution in [0.2, 0.25) is 0 Å². The molecule has 3 amide bonds. The van der Waals surface area contributed by atoms with Crippen LogP contribution in [0.4, 0.5) is 4.79 Å². The number of imide groups is 1. The Balaban J connectivity index is 2.46. The molecule has 98 valence electrons. The minimum absolute atomic E-state index is 0.344. The van der Waals surface area contributed by atoms with Gasteiger partial charge in [0.1, 0.15) is 11.6 Å². The fraction of sp³-hybridized carbons (Fsp3) is 0.182. The van der Waals surface area contributed by atoms with Crippen molar-refractivity contribution in [2.75, 3.05) is 0 Å². The zero-order valence-corrected chi connectivity index (χ0v) is 10.0. The summed E-state index contributed by atoms with van der Waals surface area (Å²) < 4.78 is 0.903. The molecule has 0 spiro atoms. The van der Waals surface area contributed by atoms with Crippen LogP contribution in [0.1, 0.15) is 13.0 Å². The molecule has 0 radical (unpaired) electrons. The molecule has 0 aliphatic carbocycles. The smallest absolute Gasteiger partial charge is 0.318 e. The van der Waals surface area contributed by atoms with E-state index in [2.05, 4.69) is 10.3 Å². The van der Waals surface area contributed by atoms with Gasteiger partial charge in [-0.05, 0) is 19.1 Å². The third-order valence-electron chi connectivity index (χ3n) is 2.58. The molecule has 19 heavy (non-hydrogen) atoms. The van der Waals surface area contributed by atoms with Gasteiger partial charge in [-0.25, -0.2) is 4.79 Å². The normalized spacial score (nSPS) is 12.1. The molecule has 3 N–H and O–H groups in total. The van der Waals surface area contributed by atoms with E-state index in [1.807, 2.05) is 5.32 Å². The van der Waals surface area contributed by atoms with Crippen LogP contribution in [0.15, 0.2) is 29.1 Å². The maximum atomic E-state index is 12.1. The topological polar surface area (TPSA) is 120 Å². The van der Waals surface area contributed by atoms with Gasteiger partial charge in [0.05, 0.1) is 5.39 Å². The van der Waals surface area contributed by atoms with E-state index in [0.29, 0.717) is 10.9 Å². The zero-order chi connectivity index (χ0) is 14.0. The highest BCUT2D eigenvalue weighted by atomic mass is 16.2. The van der Waals surface area contributed by atoms with Crippen molar-refractivity contribution < 1.29 is 9.59 Å². The van der Waals surface area contributed by atoms with Crippen molar-refractivity contribution >= 4 is 22.8 Å². The molecule has 0 unspecified atom stereocenters. The van der Waals surface area contributed by atoms with Crippen LogP contribution in [0, 0.1) is 0 Å². The first-order valence-corrected chi connectivity index (χ1v) is 5.45. The molecule has 1 aromatic heterocycles. The maximum absolute atomic E-state index is 12.1. The summed E-state index contributed by atoms with van der Waals surface area (Å²) in [7, 11) is 0. The third-order valence-corrected chi connectivity index (χ3v) is 2.58. The van der Waals surface area contributed by atoms with Crippen LogP contribution in [0.25, 0.3) is 10.9 Å². The van der Waals surface area contributed by atoms with Gasteiger partial charge in [-0.15, -0.1) is 5.10 Å². The first-order valence-electron chi connectivity index (χ1n) is 5.45. The highest BCUT2D eigenvalue weighted by Gasteiger charge is 2.19. The first kappa shape index (κ1) is 12.7. The fourth-order valence-electron chi connectivity index (χ4n) is 1.59. The molecule has 8 heteroatoms. The number of aromatic nitrogens is 3. The molecule has 1 atom stereocenters. The summed E-state index contributed by atoms with van der Waals surface area (Å²) >= 11 is 0. The molecule has 2 rings (SSSR count). The number of carbonyl (C=O) groups excluding carboxylic acids is 2. The zero-order valence-electron chi connectivity index (χ0n) is 10.0. The Labute approximate surface area is 107 Å². The van der Waals surface area contributed by atoms with E-state index < -0.39 is 23.5 Å². The lowest BCUT2D eigenvalue weighted by Gasteiger charge is -2.11. The molecule has 0 fully saturated rings. The van der Waals surface area contributed by atoms with Crippen molar-refractivity contribution in [1.82, 2.24) is 20.3 Å². The number of benzene rings is 1. The number of urea groups is 1. The van der Waals surface area contributed by atoms with Gasteiger partial charge < -0.3 is 5.73 Å². The van der Waals surface area contributed by atoms with Gasteiger partial charge in [0.2, 0.25) is 0 Å². The molecular weight excluding hydrogens is 250 g/mol. The Morgan fingerprint density at radius 2 is 2.05 bits per heavy atom. The number of amides is 3. The largest absolute Gasteiger partial charge is 0.351 e. The molecule has 0 saturated heterocycles. The molecule has 1 heterocycles. The van der Waals surface area contributed by atoms with Crippen molar-refractivity contribution in [3.05, 3.63) is 34.6 Å². The first-order chi connectivity index (χ1) is 9.00.